The molecule has 4 bridgehead atoms. The minimum atomic E-state index is -0.670. The normalized spacial score (nSPS) is 20.5. The van der Waals surface area contributed by atoms with Crippen molar-refractivity contribution in [1.29, 1.82) is 0 Å². The summed E-state index contributed by atoms with van der Waals surface area (Å²) in [5, 5.41) is 11.0. The number of benzene rings is 1. The number of oxazole rings is 1. The highest BCUT2D eigenvalue weighted by Gasteiger charge is 2.29. The molecule has 5 rings (SSSR count). The maximum Gasteiger partial charge on any atom is 0.273 e. The van der Waals surface area contributed by atoms with Gasteiger partial charge >= 0.3 is 0 Å². The van der Waals surface area contributed by atoms with Crippen molar-refractivity contribution in [2.75, 3.05) is 33.2 Å². The number of nitrogens with one attached hydrogen (secondary N) is 3. The number of carbonyl (C=O) groups excluding carboxylic acids is 4. The van der Waals surface area contributed by atoms with Crippen molar-refractivity contribution >= 4 is 35.0 Å². The Balaban J connectivity index is 1.41. The molecule has 3 N–H and O–H groups in total. The monoisotopic (exact) mass is 635 g/mol. The Labute approximate surface area is 267 Å². The molecule has 240 valence electrons. The first kappa shape index (κ1) is 32.3. The topological polar surface area (TPSA) is 150 Å². The summed E-state index contributed by atoms with van der Waals surface area (Å²) < 4.78 is 5.71. The Kier molecular flexibility index (Phi) is 10.6. The highest BCUT2D eigenvalue weighted by molar-refractivity contribution is 7.09. The van der Waals surface area contributed by atoms with Crippen LogP contribution >= 0.6 is 11.3 Å². The van der Waals surface area contributed by atoms with Crippen LogP contribution in [0.3, 0.4) is 0 Å². The molecule has 3 aromatic rings. The molecule has 12 nitrogen and oxygen atoms in total. The number of carbonyl (C=O) groups is 4. The second-order valence-corrected chi connectivity index (χ2v) is 13.0. The number of hydrogen-bond donors (Lipinski definition) is 3. The molecule has 1 aliphatic carbocycles. The van der Waals surface area contributed by atoms with Crippen molar-refractivity contribution in [1.82, 2.24) is 35.7 Å². The van der Waals surface area contributed by atoms with E-state index in [0.717, 1.165) is 31.2 Å². The average molecular weight is 636 g/mol. The Hall–Kier alpha value is -4.10. The second kappa shape index (κ2) is 14.8. The molecule has 0 spiro atoms. The summed E-state index contributed by atoms with van der Waals surface area (Å²) in [6.07, 6.45) is 6.03. The molecule has 2 aliphatic rings. The summed E-state index contributed by atoms with van der Waals surface area (Å²) in [6, 6.07) is 8.79. The van der Waals surface area contributed by atoms with Gasteiger partial charge < -0.3 is 25.3 Å². The van der Waals surface area contributed by atoms with Crippen LogP contribution in [0.25, 0.3) is 0 Å². The van der Waals surface area contributed by atoms with Gasteiger partial charge in [-0.3, -0.25) is 24.1 Å². The number of hydrogen-bond acceptors (Lipinski definition) is 9. The molecule has 1 saturated carbocycles. The fraction of sp³-hybridized carbons (Fsp3) is 0.500. The first-order valence-electron chi connectivity index (χ1n) is 15.5. The van der Waals surface area contributed by atoms with Crippen LogP contribution in [0.2, 0.25) is 0 Å². The van der Waals surface area contributed by atoms with E-state index in [4.69, 9.17) is 4.42 Å². The van der Waals surface area contributed by atoms with Gasteiger partial charge in [0.2, 0.25) is 17.7 Å². The van der Waals surface area contributed by atoms with E-state index in [9.17, 15) is 19.2 Å². The van der Waals surface area contributed by atoms with Crippen LogP contribution < -0.4 is 16.0 Å². The minimum Gasteiger partial charge on any atom is -0.446 e. The number of rotatable bonds is 6. The van der Waals surface area contributed by atoms with E-state index in [1.54, 1.807) is 5.38 Å². The molecule has 1 fully saturated rings. The molecule has 1 aromatic carbocycles. The van der Waals surface area contributed by atoms with E-state index in [0.29, 0.717) is 17.5 Å². The van der Waals surface area contributed by atoms with Crippen molar-refractivity contribution < 1.29 is 23.6 Å². The fourth-order valence-electron chi connectivity index (χ4n) is 5.75. The minimum absolute atomic E-state index is 0.0323. The molecule has 0 radical (unpaired) electrons. The van der Waals surface area contributed by atoms with Crippen molar-refractivity contribution in [3.8, 4) is 0 Å². The van der Waals surface area contributed by atoms with Crippen molar-refractivity contribution in [2.45, 2.75) is 64.1 Å². The van der Waals surface area contributed by atoms with E-state index in [1.165, 1.54) is 22.5 Å². The van der Waals surface area contributed by atoms with Crippen molar-refractivity contribution in [3.63, 3.8) is 0 Å². The average Bonchev–Trinajstić information content (AvgIpc) is 3.81. The maximum atomic E-state index is 13.5. The zero-order chi connectivity index (χ0) is 31.9. The van der Waals surface area contributed by atoms with E-state index in [2.05, 4.69) is 30.8 Å². The predicted molar refractivity (Wildman–Crippen MR) is 168 cm³/mol. The zero-order valence-corrected chi connectivity index (χ0v) is 26.8. The summed E-state index contributed by atoms with van der Waals surface area (Å²) in [5.41, 5.74) is 1.19. The third-order valence-electron chi connectivity index (χ3n) is 8.33. The molecule has 45 heavy (non-hydrogen) atoms. The Morgan fingerprint density at radius 2 is 1.82 bits per heavy atom. The molecule has 3 heterocycles. The lowest BCUT2D eigenvalue weighted by atomic mass is 10.0. The summed E-state index contributed by atoms with van der Waals surface area (Å²) in [4.78, 5) is 65.8. The number of amides is 4. The first-order chi connectivity index (χ1) is 21.7. The number of nitrogens with zero attached hydrogens (tertiary/aromatic N) is 4. The Morgan fingerprint density at radius 3 is 2.56 bits per heavy atom. The molecule has 2 atom stereocenters. The largest absolute Gasteiger partial charge is 0.446 e. The van der Waals surface area contributed by atoms with Gasteiger partial charge in [0, 0.05) is 30.9 Å². The molecule has 13 heteroatoms. The lowest BCUT2D eigenvalue weighted by Gasteiger charge is -2.29. The molecule has 1 aliphatic heterocycles. The van der Waals surface area contributed by atoms with Crippen molar-refractivity contribution in [2.24, 2.45) is 5.92 Å². The summed E-state index contributed by atoms with van der Waals surface area (Å²) >= 11 is 1.29. The second-order valence-electron chi connectivity index (χ2n) is 12.1. The SMILES string of the molecule is CC(C)[C@@H]1NC(=O)CN(C(=O)CN(C)C2CCCC2)CCNC(=O)c2coc(n2)[C@H](Cc2ccccc2)NC(=O)c2csc1n2. The van der Waals surface area contributed by atoms with E-state index < -0.39 is 23.9 Å². The molecular weight excluding hydrogens is 594 g/mol. The maximum absolute atomic E-state index is 13.5. The van der Waals surface area contributed by atoms with Crippen LogP contribution in [0.5, 0.6) is 0 Å². The van der Waals surface area contributed by atoms with Crippen LogP contribution in [0.15, 0.2) is 46.4 Å². The number of thiazole rings is 1. The van der Waals surface area contributed by atoms with Crippen LogP contribution in [0.1, 0.15) is 89.1 Å². The lowest BCUT2D eigenvalue weighted by Crippen LogP contribution is -2.49. The fourth-order valence-corrected chi connectivity index (χ4v) is 6.77. The van der Waals surface area contributed by atoms with E-state index in [1.807, 2.05) is 51.2 Å². The number of likely N-dealkylation sites (N-methyl/N-ethyl adjacent to an activating group) is 1. The summed E-state index contributed by atoms with van der Waals surface area (Å²) in [7, 11) is 1.94. The number of aromatic nitrogens is 2. The standard InChI is InChI=1S/C32H41N7O5S/c1-20(2)28-32-36-25(19-45-32)30(43)34-23(15-21-9-5-4-6-10-21)31-35-24(18-44-31)29(42)33-13-14-39(16-26(40)37-28)27(41)17-38(3)22-11-7-8-12-22/h4-6,9-10,18-20,22-23,28H,7-8,11-17H2,1-3H3,(H,33,42)(H,34,43)(H,37,40)/t23-,28-/m0/s1. The Morgan fingerprint density at radius 1 is 1.07 bits per heavy atom. The van der Waals surface area contributed by atoms with E-state index >= 15 is 0 Å². The van der Waals surface area contributed by atoms with Gasteiger partial charge in [0.05, 0.1) is 19.1 Å². The lowest BCUT2D eigenvalue weighted by molar-refractivity contribution is -0.137. The van der Waals surface area contributed by atoms with E-state index in [-0.39, 0.29) is 61.2 Å². The van der Waals surface area contributed by atoms with Gasteiger partial charge in [-0.1, -0.05) is 57.0 Å². The van der Waals surface area contributed by atoms with Crippen LogP contribution in [0, 0.1) is 5.92 Å². The van der Waals surface area contributed by atoms with Crippen molar-refractivity contribution in [3.05, 3.63) is 69.8 Å². The van der Waals surface area contributed by atoms with Crippen LogP contribution in [-0.4, -0.2) is 82.7 Å². The van der Waals surface area contributed by atoms with Crippen LogP contribution in [0.4, 0.5) is 0 Å². The van der Waals surface area contributed by atoms with Gasteiger partial charge in [-0.25, -0.2) is 9.97 Å². The smallest absolute Gasteiger partial charge is 0.273 e. The van der Waals surface area contributed by atoms with Gasteiger partial charge in [-0.15, -0.1) is 11.3 Å². The molecule has 0 unspecified atom stereocenters. The summed E-state index contributed by atoms with van der Waals surface area (Å²) in [5.74, 6) is -1.29. The van der Waals surface area contributed by atoms with Gasteiger partial charge in [-0.05, 0) is 31.4 Å². The highest BCUT2D eigenvalue weighted by atomic mass is 32.1. The first-order valence-corrected chi connectivity index (χ1v) is 16.4. The molecule has 0 saturated heterocycles. The van der Waals surface area contributed by atoms with Gasteiger partial charge in [0.1, 0.15) is 23.0 Å². The van der Waals surface area contributed by atoms with Gasteiger partial charge in [0.25, 0.3) is 11.8 Å². The molecule has 2 aromatic heterocycles. The zero-order valence-electron chi connectivity index (χ0n) is 26.0. The quantitative estimate of drug-likeness (QED) is 0.374. The van der Waals surface area contributed by atoms with Gasteiger partial charge in [0.15, 0.2) is 5.69 Å². The number of fused-ring (bicyclic) bond motifs is 4. The van der Waals surface area contributed by atoms with Gasteiger partial charge in [-0.2, -0.15) is 0 Å². The molecular formula is C32H41N7O5S. The predicted octanol–water partition coefficient (Wildman–Crippen LogP) is 3.10. The third kappa shape index (κ3) is 8.34. The van der Waals surface area contributed by atoms with Crippen LogP contribution in [-0.2, 0) is 16.0 Å². The molecule has 4 amide bonds. The summed E-state index contributed by atoms with van der Waals surface area (Å²) in [6.45, 7) is 4.18. The highest BCUT2D eigenvalue weighted by Crippen LogP contribution is 2.26. The third-order valence-corrected chi connectivity index (χ3v) is 9.26. The Bertz CT molecular complexity index is 1480.